The van der Waals surface area contributed by atoms with E-state index in [1.165, 1.54) is 12.1 Å². The number of halogens is 6. The smallest absolute Gasteiger partial charge is 0.433 e. The van der Waals surface area contributed by atoms with E-state index in [4.69, 9.17) is 9.63 Å². The van der Waals surface area contributed by atoms with Gasteiger partial charge in [-0.2, -0.15) is 36.4 Å². The van der Waals surface area contributed by atoms with Crippen LogP contribution < -0.4 is 0 Å². The molecule has 206 valence electrons. The van der Waals surface area contributed by atoms with Crippen LogP contribution in [-0.2, 0) is 17.5 Å². The van der Waals surface area contributed by atoms with Crippen LogP contribution in [0.2, 0.25) is 0 Å². The second-order valence-electron chi connectivity index (χ2n) is 9.10. The fourth-order valence-corrected chi connectivity index (χ4v) is 4.52. The van der Waals surface area contributed by atoms with Crippen molar-refractivity contribution in [1.82, 2.24) is 24.8 Å². The summed E-state index contributed by atoms with van der Waals surface area (Å²) in [5.41, 5.74) is -1.56. The molecule has 2 N–H and O–H groups in total. The first kappa shape index (κ1) is 27.6. The van der Waals surface area contributed by atoms with Gasteiger partial charge in [-0.15, -0.1) is 0 Å². The summed E-state index contributed by atoms with van der Waals surface area (Å²) < 4.78 is 83.4. The number of rotatable bonds is 8. The van der Waals surface area contributed by atoms with E-state index < -0.39 is 48.1 Å². The van der Waals surface area contributed by atoms with Gasteiger partial charge < -0.3 is 19.6 Å². The molecule has 9 nitrogen and oxygen atoms in total. The third kappa shape index (κ3) is 6.69. The fraction of sp³-hybridized carbons (Fsp3) is 0.478. The number of β-amino-alcohol motifs (C(OH)–C–C–N with tert-alkyl or cyclic N) is 1. The summed E-state index contributed by atoms with van der Waals surface area (Å²) in [6.45, 7) is -0.350. The van der Waals surface area contributed by atoms with Crippen molar-refractivity contribution in [3.8, 4) is 22.8 Å². The Morgan fingerprint density at radius 2 is 1.87 bits per heavy atom. The summed E-state index contributed by atoms with van der Waals surface area (Å²) in [6.07, 6.45) is -8.66. The van der Waals surface area contributed by atoms with E-state index in [0.29, 0.717) is 30.4 Å². The molecule has 38 heavy (non-hydrogen) atoms. The van der Waals surface area contributed by atoms with Crippen molar-refractivity contribution in [3.05, 3.63) is 41.7 Å². The lowest BCUT2D eigenvalue weighted by atomic mass is 9.94. The molecule has 0 amide bonds. The Labute approximate surface area is 211 Å². The van der Waals surface area contributed by atoms with E-state index in [0.717, 1.165) is 19.4 Å². The highest BCUT2D eigenvalue weighted by atomic mass is 19.4. The number of carbonyl (C=O) groups is 1. The molecule has 1 aliphatic rings. The zero-order valence-electron chi connectivity index (χ0n) is 19.7. The number of hydrogen-bond donors (Lipinski definition) is 2. The van der Waals surface area contributed by atoms with Gasteiger partial charge in [0.2, 0.25) is 5.82 Å². The summed E-state index contributed by atoms with van der Waals surface area (Å²) in [6, 6.07) is 6.21. The number of carboxylic acids is 1. The highest BCUT2D eigenvalue weighted by molar-refractivity contribution is 5.67. The summed E-state index contributed by atoms with van der Waals surface area (Å²) in [5, 5.41) is 26.5. The number of carboxylic acid groups (broad SMARTS) is 1. The zero-order chi connectivity index (χ0) is 27.7. The van der Waals surface area contributed by atoms with Gasteiger partial charge in [0.25, 0.3) is 5.89 Å². The first-order chi connectivity index (χ1) is 17.8. The van der Waals surface area contributed by atoms with Crippen LogP contribution in [0.25, 0.3) is 22.8 Å². The molecule has 0 unspecified atom stereocenters. The molecular formula is C23H23F6N5O4. The summed E-state index contributed by atoms with van der Waals surface area (Å²) in [4.78, 5) is 16.9. The van der Waals surface area contributed by atoms with Gasteiger partial charge in [0.15, 0.2) is 5.69 Å². The molecule has 2 aromatic heterocycles. The number of hydrogen-bond acceptors (Lipinski definition) is 7. The lowest BCUT2D eigenvalue weighted by molar-refractivity contribution is -0.160. The largest absolute Gasteiger partial charge is 0.481 e. The highest BCUT2D eigenvalue weighted by Crippen LogP contribution is 2.38. The van der Waals surface area contributed by atoms with E-state index >= 15 is 0 Å². The maximum Gasteiger partial charge on any atom is 0.433 e. The van der Waals surface area contributed by atoms with Crippen molar-refractivity contribution in [2.75, 3.05) is 19.6 Å². The highest BCUT2D eigenvalue weighted by Gasteiger charge is 2.42. The SMILES string of the molecule is O=C(O)C[C@H]1CCCN(C[C@@H](O)c2ccc(-c3noc(-c4cnn(CC(F)(F)F)c4C(F)(F)F)n3)cc2)C1. The molecule has 0 saturated carbocycles. The Morgan fingerprint density at radius 3 is 2.50 bits per heavy atom. The normalized spacial score (nSPS) is 18.0. The number of aromatic nitrogens is 4. The standard InChI is InChI=1S/C23H23F6N5O4/c24-22(25,26)12-34-19(23(27,28)29)16(9-30-34)21-31-20(32-38-21)15-5-3-14(4-6-15)17(35)11-33-7-1-2-13(10-33)8-18(36)37/h3-6,9,13,17,35H,1-2,7-8,10-12H2,(H,36,37)/t13-,17-/m1/s1. The van der Waals surface area contributed by atoms with E-state index in [1.807, 2.05) is 4.90 Å². The van der Waals surface area contributed by atoms with Crippen LogP contribution in [0.5, 0.6) is 0 Å². The molecule has 1 saturated heterocycles. The molecule has 15 heteroatoms. The van der Waals surface area contributed by atoms with Crippen molar-refractivity contribution in [2.45, 2.75) is 44.3 Å². The molecule has 3 heterocycles. The molecule has 1 fully saturated rings. The van der Waals surface area contributed by atoms with Crippen molar-refractivity contribution >= 4 is 5.97 Å². The van der Waals surface area contributed by atoms with Crippen molar-refractivity contribution in [1.29, 1.82) is 0 Å². The van der Waals surface area contributed by atoms with Crippen LogP contribution in [0.4, 0.5) is 26.3 Å². The number of likely N-dealkylation sites (tertiary alicyclic amines) is 1. The molecule has 0 radical (unpaired) electrons. The summed E-state index contributed by atoms with van der Waals surface area (Å²) in [7, 11) is 0. The third-order valence-electron chi connectivity index (χ3n) is 6.14. The number of aliphatic hydroxyl groups excluding tert-OH is 1. The van der Waals surface area contributed by atoms with Gasteiger partial charge in [0, 0.05) is 25.1 Å². The van der Waals surface area contributed by atoms with E-state index in [9.17, 15) is 36.2 Å². The Bertz CT molecular complexity index is 1250. The van der Waals surface area contributed by atoms with Crippen LogP contribution in [0.1, 0.15) is 36.6 Å². The van der Waals surface area contributed by atoms with Gasteiger partial charge in [-0.1, -0.05) is 29.4 Å². The minimum atomic E-state index is -5.16. The minimum Gasteiger partial charge on any atom is -0.481 e. The average molecular weight is 547 g/mol. The Morgan fingerprint density at radius 1 is 1.16 bits per heavy atom. The van der Waals surface area contributed by atoms with E-state index in [2.05, 4.69) is 15.2 Å². The van der Waals surface area contributed by atoms with Gasteiger partial charge in [0.05, 0.1) is 17.9 Å². The number of aliphatic carboxylic acids is 1. The van der Waals surface area contributed by atoms with Crippen molar-refractivity contribution in [2.24, 2.45) is 5.92 Å². The monoisotopic (exact) mass is 547 g/mol. The molecule has 0 spiro atoms. The molecule has 1 aliphatic heterocycles. The lowest BCUT2D eigenvalue weighted by Gasteiger charge is -2.33. The second-order valence-corrected chi connectivity index (χ2v) is 9.10. The van der Waals surface area contributed by atoms with Crippen molar-refractivity contribution in [3.63, 3.8) is 0 Å². The van der Waals surface area contributed by atoms with Gasteiger partial charge in [-0.05, 0) is 30.9 Å². The predicted octanol–water partition coefficient (Wildman–Crippen LogP) is 4.40. The van der Waals surface area contributed by atoms with E-state index in [-0.39, 0.29) is 22.8 Å². The Hall–Kier alpha value is -3.46. The maximum atomic E-state index is 13.5. The van der Waals surface area contributed by atoms with Crippen LogP contribution in [0.15, 0.2) is 35.0 Å². The number of nitrogens with zero attached hydrogens (tertiary/aromatic N) is 5. The number of alkyl halides is 6. The van der Waals surface area contributed by atoms with Crippen LogP contribution >= 0.6 is 0 Å². The molecular weight excluding hydrogens is 524 g/mol. The quantitative estimate of drug-likeness (QED) is 0.399. The average Bonchev–Trinajstić information content (AvgIpc) is 3.45. The third-order valence-corrected chi connectivity index (χ3v) is 6.14. The van der Waals surface area contributed by atoms with Gasteiger partial charge >= 0.3 is 18.3 Å². The topological polar surface area (TPSA) is 118 Å². The number of piperidine rings is 1. The lowest BCUT2D eigenvalue weighted by Crippen LogP contribution is -2.38. The fourth-order valence-electron chi connectivity index (χ4n) is 4.52. The molecule has 4 rings (SSSR count). The number of aliphatic hydroxyl groups is 1. The minimum absolute atomic E-state index is 0.0155. The summed E-state index contributed by atoms with van der Waals surface area (Å²) >= 11 is 0. The summed E-state index contributed by atoms with van der Waals surface area (Å²) in [5.74, 6) is -1.60. The molecule has 3 aromatic rings. The Kier molecular flexibility index (Phi) is 7.78. The maximum absolute atomic E-state index is 13.5. The number of benzene rings is 1. The van der Waals surface area contributed by atoms with Crippen LogP contribution in [0.3, 0.4) is 0 Å². The van der Waals surface area contributed by atoms with Crippen LogP contribution in [0, 0.1) is 5.92 Å². The van der Waals surface area contributed by atoms with Gasteiger partial charge in [0.1, 0.15) is 6.54 Å². The predicted molar refractivity (Wildman–Crippen MR) is 118 cm³/mol. The molecule has 0 aliphatic carbocycles. The first-order valence-electron chi connectivity index (χ1n) is 11.6. The van der Waals surface area contributed by atoms with Gasteiger partial charge in [-0.25, -0.2) is 0 Å². The molecule has 1 aromatic carbocycles. The Balaban J connectivity index is 1.47. The second kappa shape index (κ2) is 10.7. The van der Waals surface area contributed by atoms with Crippen molar-refractivity contribution < 1.29 is 45.9 Å². The zero-order valence-corrected chi connectivity index (χ0v) is 19.7. The molecule has 2 atom stereocenters. The van der Waals surface area contributed by atoms with E-state index in [1.54, 1.807) is 12.1 Å². The van der Waals surface area contributed by atoms with Crippen LogP contribution in [-0.4, -0.2) is 66.8 Å². The van der Waals surface area contributed by atoms with Gasteiger partial charge in [-0.3, -0.25) is 9.48 Å². The molecule has 0 bridgehead atoms. The first-order valence-corrected chi connectivity index (χ1v) is 11.6.